The molecule has 0 aliphatic carbocycles. The highest BCUT2D eigenvalue weighted by molar-refractivity contribution is 8.00. The number of anilines is 1. The van der Waals surface area contributed by atoms with Gasteiger partial charge in [0.2, 0.25) is 0 Å². The van der Waals surface area contributed by atoms with Crippen LogP contribution in [-0.4, -0.2) is 40.6 Å². The van der Waals surface area contributed by atoms with Crippen molar-refractivity contribution in [2.75, 3.05) is 24.7 Å². The van der Waals surface area contributed by atoms with Crippen LogP contribution in [-0.2, 0) is 4.74 Å². The lowest BCUT2D eigenvalue weighted by Gasteiger charge is -2.10. The zero-order valence-corrected chi connectivity index (χ0v) is 10.5. The van der Waals surface area contributed by atoms with E-state index in [4.69, 9.17) is 0 Å². The first-order valence-electron chi connectivity index (χ1n) is 5.55. The summed E-state index contributed by atoms with van der Waals surface area (Å²) in [7, 11) is 1.33. The van der Waals surface area contributed by atoms with Gasteiger partial charge in [-0.3, -0.25) is 4.98 Å². The average molecular weight is 253 g/mol. The van der Waals surface area contributed by atoms with Gasteiger partial charge < -0.3 is 10.1 Å². The number of carbonyl (C=O) groups excluding carboxylic acids is 1. The molecule has 1 aliphatic rings. The van der Waals surface area contributed by atoms with Gasteiger partial charge in [-0.2, -0.15) is 11.8 Å². The highest BCUT2D eigenvalue weighted by atomic mass is 32.2. The zero-order chi connectivity index (χ0) is 12.1. The summed E-state index contributed by atoms with van der Waals surface area (Å²) in [5, 5.41) is 3.84. The fourth-order valence-electron chi connectivity index (χ4n) is 1.68. The number of thioether (sulfide) groups is 1. The van der Waals surface area contributed by atoms with Gasteiger partial charge in [0, 0.05) is 11.8 Å². The first kappa shape index (κ1) is 12.2. The first-order valence-corrected chi connectivity index (χ1v) is 6.60. The SMILES string of the molecule is COC(=O)c1cncc(NCC2CCCS2)n1. The summed E-state index contributed by atoms with van der Waals surface area (Å²) >= 11 is 1.97. The van der Waals surface area contributed by atoms with Crippen LogP contribution >= 0.6 is 11.8 Å². The van der Waals surface area contributed by atoms with Crippen LogP contribution in [0.4, 0.5) is 5.82 Å². The predicted octanol–water partition coefficient (Wildman–Crippen LogP) is 1.57. The van der Waals surface area contributed by atoms with Crippen LogP contribution < -0.4 is 5.32 Å². The molecule has 0 radical (unpaired) electrons. The van der Waals surface area contributed by atoms with Crippen LogP contribution in [0.3, 0.4) is 0 Å². The Morgan fingerprint density at radius 3 is 3.24 bits per heavy atom. The number of ether oxygens (including phenoxy) is 1. The molecular weight excluding hydrogens is 238 g/mol. The molecular formula is C11H15N3O2S. The molecule has 1 aliphatic heterocycles. The fraction of sp³-hybridized carbons (Fsp3) is 0.545. The van der Waals surface area contributed by atoms with E-state index in [0.29, 0.717) is 11.1 Å². The standard InChI is InChI=1S/C11H15N3O2S/c1-16-11(15)9-6-12-7-10(14-9)13-5-8-3-2-4-17-8/h6-8H,2-5H2,1H3,(H,13,14). The van der Waals surface area contributed by atoms with Crippen molar-refractivity contribution in [3.05, 3.63) is 18.1 Å². The summed E-state index contributed by atoms with van der Waals surface area (Å²) in [6, 6.07) is 0. The van der Waals surface area contributed by atoms with E-state index in [9.17, 15) is 4.79 Å². The van der Waals surface area contributed by atoms with Gasteiger partial charge >= 0.3 is 5.97 Å². The lowest BCUT2D eigenvalue weighted by atomic mass is 10.2. The van der Waals surface area contributed by atoms with Crippen LogP contribution in [0.2, 0.25) is 0 Å². The largest absolute Gasteiger partial charge is 0.464 e. The number of methoxy groups -OCH3 is 1. The fourth-order valence-corrected chi connectivity index (χ4v) is 2.88. The van der Waals surface area contributed by atoms with E-state index in [2.05, 4.69) is 20.0 Å². The van der Waals surface area contributed by atoms with Crippen molar-refractivity contribution in [3.63, 3.8) is 0 Å². The van der Waals surface area contributed by atoms with E-state index < -0.39 is 5.97 Å². The minimum atomic E-state index is -0.462. The molecule has 6 heteroatoms. The molecule has 2 heterocycles. The van der Waals surface area contributed by atoms with E-state index in [1.807, 2.05) is 11.8 Å². The molecule has 0 spiro atoms. The molecule has 5 nitrogen and oxygen atoms in total. The van der Waals surface area contributed by atoms with E-state index in [1.165, 1.54) is 31.9 Å². The van der Waals surface area contributed by atoms with E-state index in [-0.39, 0.29) is 5.69 Å². The average Bonchev–Trinajstić information content (AvgIpc) is 2.89. The quantitative estimate of drug-likeness (QED) is 0.822. The van der Waals surface area contributed by atoms with Crippen molar-refractivity contribution in [2.45, 2.75) is 18.1 Å². The zero-order valence-electron chi connectivity index (χ0n) is 9.68. The van der Waals surface area contributed by atoms with Gasteiger partial charge in [-0.25, -0.2) is 9.78 Å². The van der Waals surface area contributed by atoms with Crippen LogP contribution in [0.1, 0.15) is 23.3 Å². The predicted molar refractivity (Wildman–Crippen MR) is 67.3 cm³/mol. The van der Waals surface area contributed by atoms with Crippen LogP contribution in [0.15, 0.2) is 12.4 Å². The molecule has 0 aromatic carbocycles. The molecule has 1 N–H and O–H groups in total. The number of hydrogen-bond acceptors (Lipinski definition) is 6. The highest BCUT2D eigenvalue weighted by Gasteiger charge is 2.15. The normalized spacial score (nSPS) is 19.0. The number of hydrogen-bond donors (Lipinski definition) is 1. The van der Waals surface area contributed by atoms with Crippen molar-refractivity contribution >= 4 is 23.5 Å². The van der Waals surface area contributed by atoms with Crippen molar-refractivity contribution in [3.8, 4) is 0 Å². The summed E-state index contributed by atoms with van der Waals surface area (Å²) in [6.07, 6.45) is 5.54. The van der Waals surface area contributed by atoms with Gasteiger partial charge in [0.25, 0.3) is 0 Å². The Hall–Kier alpha value is -1.30. The highest BCUT2D eigenvalue weighted by Crippen LogP contribution is 2.25. The number of aromatic nitrogens is 2. The number of nitrogens with zero attached hydrogens (tertiary/aromatic N) is 2. The molecule has 0 bridgehead atoms. The Morgan fingerprint density at radius 1 is 1.65 bits per heavy atom. The van der Waals surface area contributed by atoms with Gasteiger partial charge in [-0.15, -0.1) is 0 Å². The Labute approximate surface area is 104 Å². The maximum Gasteiger partial charge on any atom is 0.358 e. The van der Waals surface area contributed by atoms with E-state index >= 15 is 0 Å². The molecule has 1 fully saturated rings. The summed E-state index contributed by atoms with van der Waals surface area (Å²) in [5.41, 5.74) is 0.233. The number of esters is 1. The maximum absolute atomic E-state index is 11.3. The Bertz CT molecular complexity index is 394. The van der Waals surface area contributed by atoms with Crippen molar-refractivity contribution in [1.29, 1.82) is 0 Å². The molecule has 0 amide bonds. The van der Waals surface area contributed by atoms with Crippen molar-refractivity contribution in [1.82, 2.24) is 9.97 Å². The Kier molecular flexibility index (Phi) is 4.19. The lowest BCUT2D eigenvalue weighted by molar-refractivity contribution is 0.0593. The van der Waals surface area contributed by atoms with Gasteiger partial charge in [-0.05, 0) is 18.6 Å². The van der Waals surface area contributed by atoms with Crippen LogP contribution in [0.5, 0.6) is 0 Å². The molecule has 17 heavy (non-hydrogen) atoms. The molecule has 1 aromatic heterocycles. The lowest BCUT2D eigenvalue weighted by Crippen LogP contribution is -2.15. The number of carbonyl (C=O) groups is 1. The number of rotatable bonds is 4. The Balaban J connectivity index is 1.93. The van der Waals surface area contributed by atoms with Gasteiger partial charge in [0.05, 0.1) is 19.5 Å². The second-order valence-electron chi connectivity index (χ2n) is 3.80. The third kappa shape index (κ3) is 3.33. The van der Waals surface area contributed by atoms with E-state index in [1.54, 1.807) is 6.20 Å². The third-order valence-corrected chi connectivity index (χ3v) is 3.96. The molecule has 1 aromatic rings. The maximum atomic E-state index is 11.3. The van der Waals surface area contributed by atoms with Crippen LogP contribution in [0.25, 0.3) is 0 Å². The van der Waals surface area contributed by atoms with Gasteiger partial charge in [0.15, 0.2) is 5.69 Å². The molecule has 0 saturated carbocycles. The third-order valence-electron chi connectivity index (χ3n) is 2.56. The van der Waals surface area contributed by atoms with Crippen molar-refractivity contribution in [2.24, 2.45) is 0 Å². The molecule has 1 unspecified atom stereocenters. The molecule has 92 valence electrons. The summed E-state index contributed by atoms with van der Waals surface area (Å²) in [4.78, 5) is 19.4. The van der Waals surface area contributed by atoms with Crippen LogP contribution in [0, 0.1) is 0 Å². The summed E-state index contributed by atoms with van der Waals surface area (Å²) < 4.78 is 4.60. The molecule has 1 atom stereocenters. The van der Waals surface area contributed by atoms with Gasteiger partial charge in [-0.1, -0.05) is 0 Å². The van der Waals surface area contributed by atoms with E-state index in [0.717, 1.165) is 6.54 Å². The number of nitrogens with one attached hydrogen (secondary N) is 1. The smallest absolute Gasteiger partial charge is 0.358 e. The first-order chi connectivity index (χ1) is 8.29. The van der Waals surface area contributed by atoms with Gasteiger partial charge in [0.1, 0.15) is 5.82 Å². The topological polar surface area (TPSA) is 64.1 Å². The van der Waals surface area contributed by atoms with Crippen molar-refractivity contribution < 1.29 is 9.53 Å². The minimum Gasteiger partial charge on any atom is -0.464 e. The Morgan fingerprint density at radius 2 is 2.53 bits per heavy atom. The second-order valence-corrected chi connectivity index (χ2v) is 5.21. The molecule has 2 rings (SSSR count). The monoisotopic (exact) mass is 253 g/mol. The minimum absolute atomic E-state index is 0.233. The molecule has 1 saturated heterocycles. The second kappa shape index (κ2) is 5.86. The summed E-state index contributed by atoms with van der Waals surface area (Å²) in [6.45, 7) is 0.865. The summed E-state index contributed by atoms with van der Waals surface area (Å²) in [5.74, 6) is 1.40.